The van der Waals surface area contributed by atoms with Gasteiger partial charge in [0.1, 0.15) is 5.75 Å². The lowest BCUT2D eigenvalue weighted by atomic mass is 10.2. The molecule has 0 spiro atoms. The van der Waals surface area contributed by atoms with Crippen LogP contribution in [-0.4, -0.2) is 36.9 Å². The fourth-order valence-electron chi connectivity index (χ4n) is 3.39. The van der Waals surface area contributed by atoms with E-state index in [0.29, 0.717) is 24.5 Å². The van der Waals surface area contributed by atoms with Crippen molar-refractivity contribution in [3.63, 3.8) is 0 Å². The molecule has 0 radical (unpaired) electrons. The number of ether oxygens (including phenoxy) is 1. The van der Waals surface area contributed by atoms with Gasteiger partial charge in [-0.05, 0) is 38.1 Å². The number of aromatic nitrogens is 1. The van der Waals surface area contributed by atoms with Crippen molar-refractivity contribution in [3.8, 4) is 5.75 Å². The van der Waals surface area contributed by atoms with E-state index in [-0.39, 0.29) is 16.8 Å². The van der Waals surface area contributed by atoms with Gasteiger partial charge in [-0.2, -0.15) is 4.31 Å². The van der Waals surface area contributed by atoms with E-state index >= 15 is 0 Å². The Labute approximate surface area is 153 Å². The number of benzene rings is 1. The summed E-state index contributed by atoms with van der Waals surface area (Å²) in [6, 6.07) is 8.22. The Bertz CT molecular complexity index is 949. The predicted molar refractivity (Wildman–Crippen MR) is 98.8 cm³/mol. The highest BCUT2D eigenvalue weighted by Crippen LogP contribution is 2.34. The maximum Gasteiger partial charge on any atom is 0.243 e. The molecule has 1 aliphatic rings. The second-order valence-electron chi connectivity index (χ2n) is 6.39. The summed E-state index contributed by atoms with van der Waals surface area (Å²) in [4.78, 5) is 11.4. The summed E-state index contributed by atoms with van der Waals surface area (Å²) in [5.74, 6) is 0.0600. The van der Waals surface area contributed by atoms with Crippen molar-refractivity contribution in [1.29, 1.82) is 0 Å². The Morgan fingerprint density at radius 3 is 2.62 bits per heavy atom. The maximum atomic E-state index is 13.2. The summed E-state index contributed by atoms with van der Waals surface area (Å²) in [7, 11) is -2.25. The van der Waals surface area contributed by atoms with Gasteiger partial charge in [0.2, 0.25) is 15.9 Å². The van der Waals surface area contributed by atoms with Gasteiger partial charge in [0, 0.05) is 37.5 Å². The molecule has 1 amide bonds. The number of methoxy groups -OCH3 is 1. The van der Waals surface area contributed by atoms with Gasteiger partial charge in [0.15, 0.2) is 0 Å². The van der Waals surface area contributed by atoms with Crippen LogP contribution >= 0.6 is 0 Å². The topological polar surface area (TPSA) is 80.6 Å². The number of carbonyl (C=O) groups is 1. The lowest BCUT2D eigenvalue weighted by molar-refractivity contribution is -0.114. The molecule has 2 heterocycles. The van der Waals surface area contributed by atoms with E-state index in [4.69, 9.17) is 4.74 Å². The van der Waals surface area contributed by atoms with E-state index < -0.39 is 10.0 Å². The molecule has 7 nitrogen and oxygen atoms in total. The van der Waals surface area contributed by atoms with Crippen molar-refractivity contribution >= 4 is 21.6 Å². The fourth-order valence-corrected chi connectivity index (χ4v) is 5.00. The molecule has 1 aliphatic heterocycles. The van der Waals surface area contributed by atoms with E-state index in [2.05, 4.69) is 9.88 Å². The first-order valence-corrected chi connectivity index (χ1v) is 9.83. The van der Waals surface area contributed by atoms with E-state index in [9.17, 15) is 13.2 Å². The van der Waals surface area contributed by atoms with Crippen LogP contribution in [0.25, 0.3) is 0 Å². The first-order chi connectivity index (χ1) is 12.3. The van der Waals surface area contributed by atoms with Crippen LogP contribution in [0, 0.1) is 6.92 Å². The van der Waals surface area contributed by atoms with Crippen LogP contribution in [-0.2, 0) is 21.4 Å². The van der Waals surface area contributed by atoms with Crippen LogP contribution in [0.15, 0.2) is 35.2 Å². The Hall–Kier alpha value is -2.32. The fraction of sp³-hybridized carbons (Fsp3) is 0.389. The van der Waals surface area contributed by atoms with Crippen molar-refractivity contribution in [1.82, 2.24) is 8.87 Å². The number of nitrogens with zero attached hydrogens (tertiary/aromatic N) is 2. The zero-order valence-electron chi connectivity index (χ0n) is 15.3. The van der Waals surface area contributed by atoms with Gasteiger partial charge in [0.05, 0.1) is 23.7 Å². The monoisotopic (exact) mass is 377 g/mol. The number of nitrogens with one attached hydrogen (secondary N) is 1. The highest BCUT2D eigenvalue weighted by atomic mass is 32.2. The van der Waals surface area contributed by atoms with Gasteiger partial charge in [-0.25, -0.2) is 8.42 Å². The molecule has 0 bridgehead atoms. The van der Waals surface area contributed by atoms with Crippen LogP contribution in [0.1, 0.15) is 31.3 Å². The molecule has 0 saturated heterocycles. The number of rotatable bonds is 4. The summed E-state index contributed by atoms with van der Waals surface area (Å²) in [5, 5.41) is 2.63. The number of aryl methyl sites for hydroxylation is 1. The first kappa shape index (κ1) is 18.5. The molecule has 1 aromatic heterocycles. The van der Waals surface area contributed by atoms with Crippen molar-refractivity contribution in [2.45, 2.75) is 38.3 Å². The van der Waals surface area contributed by atoms with E-state index in [0.717, 1.165) is 11.4 Å². The molecule has 3 rings (SSSR count). The molecule has 1 N–H and O–H groups in total. The summed E-state index contributed by atoms with van der Waals surface area (Å²) >= 11 is 0. The zero-order valence-corrected chi connectivity index (χ0v) is 16.1. The third-order valence-electron chi connectivity index (χ3n) is 4.73. The maximum absolute atomic E-state index is 13.2. The smallest absolute Gasteiger partial charge is 0.243 e. The van der Waals surface area contributed by atoms with Crippen molar-refractivity contribution < 1.29 is 17.9 Å². The van der Waals surface area contributed by atoms with Crippen LogP contribution in [0.3, 0.4) is 0 Å². The predicted octanol–water partition coefficient (Wildman–Crippen LogP) is 2.53. The van der Waals surface area contributed by atoms with Gasteiger partial charge in [-0.3, -0.25) is 4.79 Å². The number of amides is 1. The minimum atomic E-state index is -3.70. The minimum absolute atomic E-state index is 0.145. The second kappa shape index (κ2) is 6.77. The Morgan fingerprint density at radius 1 is 1.23 bits per heavy atom. The van der Waals surface area contributed by atoms with E-state index in [1.165, 1.54) is 30.5 Å². The largest absolute Gasteiger partial charge is 0.495 e. The zero-order chi connectivity index (χ0) is 19.1. The van der Waals surface area contributed by atoms with E-state index in [1.54, 1.807) is 6.07 Å². The van der Waals surface area contributed by atoms with Crippen molar-refractivity contribution in [2.75, 3.05) is 19.0 Å². The average molecular weight is 377 g/mol. The van der Waals surface area contributed by atoms with Crippen LogP contribution < -0.4 is 10.1 Å². The molecule has 1 atom stereocenters. The number of fused-ring (bicyclic) bond motifs is 1. The molecule has 2 aromatic rings. The molecule has 0 unspecified atom stereocenters. The number of anilines is 1. The number of sulfonamides is 1. The molecule has 26 heavy (non-hydrogen) atoms. The Morgan fingerprint density at radius 2 is 1.96 bits per heavy atom. The molecule has 0 aliphatic carbocycles. The number of hydrogen-bond acceptors (Lipinski definition) is 4. The summed E-state index contributed by atoms with van der Waals surface area (Å²) < 4.78 is 35.3. The summed E-state index contributed by atoms with van der Waals surface area (Å²) in [6.07, 6.45) is 0. The SMILES string of the molecule is COc1cc(S(=O)(=O)N2CCn3c(C)ccc3[C@H]2C)ccc1NC(C)=O. The third-order valence-corrected chi connectivity index (χ3v) is 6.69. The van der Waals surface area contributed by atoms with Crippen LogP contribution in [0.2, 0.25) is 0 Å². The van der Waals surface area contributed by atoms with Crippen molar-refractivity contribution in [2.24, 2.45) is 0 Å². The average Bonchev–Trinajstić information content (AvgIpc) is 2.97. The Balaban J connectivity index is 1.97. The van der Waals surface area contributed by atoms with E-state index in [1.807, 2.05) is 26.0 Å². The van der Waals surface area contributed by atoms with Crippen molar-refractivity contribution in [3.05, 3.63) is 41.7 Å². The van der Waals surface area contributed by atoms with Gasteiger partial charge in [-0.1, -0.05) is 0 Å². The van der Waals surface area contributed by atoms with Gasteiger partial charge < -0.3 is 14.6 Å². The number of carbonyl (C=O) groups excluding carboxylic acids is 1. The molecule has 0 fully saturated rings. The highest BCUT2D eigenvalue weighted by molar-refractivity contribution is 7.89. The normalized spacial score (nSPS) is 17.6. The van der Waals surface area contributed by atoms with Gasteiger partial charge in [0.25, 0.3) is 0 Å². The number of hydrogen-bond donors (Lipinski definition) is 1. The summed E-state index contributed by atoms with van der Waals surface area (Å²) in [6.45, 7) is 6.33. The molecular weight excluding hydrogens is 354 g/mol. The Kier molecular flexibility index (Phi) is 4.81. The first-order valence-electron chi connectivity index (χ1n) is 8.39. The minimum Gasteiger partial charge on any atom is -0.495 e. The molecule has 140 valence electrons. The van der Waals surface area contributed by atoms with Gasteiger partial charge in [-0.15, -0.1) is 0 Å². The summed E-state index contributed by atoms with van der Waals surface area (Å²) in [5.41, 5.74) is 2.56. The molecule has 8 heteroatoms. The molecular formula is C18H23N3O4S. The van der Waals surface area contributed by atoms with Gasteiger partial charge >= 0.3 is 0 Å². The van der Waals surface area contributed by atoms with Crippen LogP contribution in [0.4, 0.5) is 5.69 Å². The highest BCUT2D eigenvalue weighted by Gasteiger charge is 2.34. The van der Waals surface area contributed by atoms with Crippen LogP contribution in [0.5, 0.6) is 5.75 Å². The molecule has 1 aromatic carbocycles. The lowest BCUT2D eigenvalue weighted by Crippen LogP contribution is -2.41. The standard InChI is InChI=1S/C18H23N3O4S/c1-12-5-8-17-13(2)21(10-9-20(12)17)26(23,24)15-6-7-16(19-14(3)22)18(11-15)25-4/h5-8,11,13H,9-10H2,1-4H3,(H,19,22)/t13-/m1/s1. The quantitative estimate of drug-likeness (QED) is 0.888. The lowest BCUT2D eigenvalue weighted by Gasteiger charge is -2.34. The second-order valence-corrected chi connectivity index (χ2v) is 8.28. The third kappa shape index (κ3) is 3.10. The molecule has 0 saturated carbocycles.